The Morgan fingerprint density at radius 2 is 1.20 bits per heavy atom. The molecule has 3 amide bonds. The van der Waals surface area contributed by atoms with Crippen molar-refractivity contribution in [2.24, 2.45) is 0 Å². The Bertz CT molecular complexity index is 2230. The molecule has 320 valence electrons. The zero-order chi connectivity index (χ0) is 42.3. The molecule has 4 aromatic rings. The number of piperidine rings is 1. The summed E-state index contributed by atoms with van der Waals surface area (Å²) in [7, 11) is 0. The predicted octanol–water partition coefficient (Wildman–Crippen LogP) is 7.11. The topological polar surface area (TPSA) is 126 Å². The SMILES string of the molecule is CC(C)(C)OC(=O)N1CCN(c2cccc3c2C(C)(O)C(=O)N3Cc2cccc(F)c2)CC1.CC1(O)C(=O)N(Cc2cccc(F)c2)c2cccc(C3CCNCC3)c21.Cl. The van der Waals surface area contributed by atoms with Gasteiger partial charge in [0.1, 0.15) is 17.2 Å². The number of amides is 3. The fourth-order valence-electron chi connectivity index (χ4n) is 8.67. The molecule has 0 aromatic heterocycles. The second-order valence-corrected chi connectivity index (χ2v) is 17.1. The predicted molar refractivity (Wildman–Crippen MR) is 229 cm³/mol. The monoisotopic (exact) mass is 845 g/mol. The van der Waals surface area contributed by atoms with Crippen LogP contribution in [0.5, 0.6) is 0 Å². The van der Waals surface area contributed by atoms with E-state index in [-0.39, 0.29) is 49.1 Å². The van der Waals surface area contributed by atoms with Gasteiger partial charge in [0, 0.05) is 43.0 Å². The second-order valence-electron chi connectivity index (χ2n) is 17.1. The van der Waals surface area contributed by atoms with Crippen molar-refractivity contribution < 1.29 is 38.1 Å². The highest BCUT2D eigenvalue weighted by Crippen LogP contribution is 2.47. The van der Waals surface area contributed by atoms with Crippen molar-refractivity contribution >= 4 is 47.4 Å². The van der Waals surface area contributed by atoms with Crippen LogP contribution in [-0.2, 0) is 38.6 Å². The van der Waals surface area contributed by atoms with Gasteiger partial charge in [-0.15, -0.1) is 12.4 Å². The molecule has 0 spiro atoms. The van der Waals surface area contributed by atoms with Crippen LogP contribution in [0.2, 0.25) is 0 Å². The van der Waals surface area contributed by atoms with Gasteiger partial charge >= 0.3 is 6.09 Å². The maximum atomic E-state index is 13.7. The van der Waals surface area contributed by atoms with Gasteiger partial charge in [-0.3, -0.25) is 9.59 Å². The molecule has 0 saturated carbocycles. The van der Waals surface area contributed by atoms with Crippen LogP contribution in [0, 0.1) is 11.6 Å². The Labute approximate surface area is 356 Å². The van der Waals surface area contributed by atoms with Gasteiger partial charge in [0.15, 0.2) is 11.2 Å². The largest absolute Gasteiger partial charge is 0.444 e. The number of nitrogens with one attached hydrogen (secondary N) is 1. The molecule has 14 heteroatoms. The number of hydrogen-bond acceptors (Lipinski definition) is 8. The van der Waals surface area contributed by atoms with E-state index in [1.165, 1.54) is 36.1 Å². The molecule has 8 rings (SSSR count). The summed E-state index contributed by atoms with van der Waals surface area (Å²) in [5, 5.41) is 25.6. The molecule has 3 N–H and O–H groups in total. The smallest absolute Gasteiger partial charge is 0.410 e. The van der Waals surface area contributed by atoms with Gasteiger partial charge in [-0.25, -0.2) is 13.6 Å². The molecule has 4 aromatic carbocycles. The minimum Gasteiger partial charge on any atom is -0.444 e. The number of carbonyl (C=O) groups is 3. The summed E-state index contributed by atoms with van der Waals surface area (Å²) in [5.41, 5.74) is 1.95. The first-order valence-electron chi connectivity index (χ1n) is 20.2. The number of aliphatic hydroxyl groups is 2. The maximum Gasteiger partial charge on any atom is 0.410 e. The number of fused-ring (bicyclic) bond motifs is 2. The normalized spacial score (nSPS) is 21.6. The average molecular weight is 846 g/mol. The Balaban J connectivity index is 0.000000203. The van der Waals surface area contributed by atoms with E-state index in [1.807, 2.05) is 51.1 Å². The zero-order valence-electron chi connectivity index (χ0n) is 34.7. The standard InChI is InChI=1S/C25H30FN3O4.C21H23FN2O2.ClH/c1-24(2,3)33-23(31)28-13-11-27(12-14-28)19-9-6-10-20-21(19)25(4,32)22(30)29(20)16-17-7-5-8-18(26)15-17;1-21(26)19-17(15-8-10-23-11-9-15)6-3-7-18(19)24(20(21)25)13-14-4-2-5-16(22)12-14;/h5-10,15,32H,11-14,16H2,1-4H3;2-7,12,15,23,26H,8-11,13H2,1H3;1H. The number of hydrogen-bond donors (Lipinski definition) is 3. The summed E-state index contributed by atoms with van der Waals surface area (Å²) in [4.78, 5) is 45.4. The lowest BCUT2D eigenvalue weighted by Gasteiger charge is -2.38. The van der Waals surface area contributed by atoms with Crippen LogP contribution in [0.25, 0.3) is 0 Å². The summed E-state index contributed by atoms with van der Waals surface area (Å²) >= 11 is 0. The van der Waals surface area contributed by atoms with Crippen molar-refractivity contribution in [2.75, 3.05) is 54.0 Å². The van der Waals surface area contributed by atoms with Crippen molar-refractivity contribution in [1.29, 1.82) is 0 Å². The van der Waals surface area contributed by atoms with Crippen molar-refractivity contribution in [2.45, 2.75) is 83.3 Å². The molecule has 0 aliphatic carbocycles. The Kier molecular flexibility index (Phi) is 13.0. The molecule has 60 heavy (non-hydrogen) atoms. The van der Waals surface area contributed by atoms with E-state index in [2.05, 4.69) is 10.2 Å². The van der Waals surface area contributed by atoms with Crippen molar-refractivity contribution in [1.82, 2.24) is 10.2 Å². The summed E-state index contributed by atoms with van der Waals surface area (Å²) in [6, 6.07) is 23.7. The van der Waals surface area contributed by atoms with Crippen molar-refractivity contribution in [3.63, 3.8) is 0 Å². The van der Waals surface area contributed by atoms with E-state index in [9.17, 15) is 33.4 Å². The first-order chi connectivity index (χ1) is 28.0. The highest BCUT2D eigenvalue weighted by Gasteiger charge is 2.49. The molecule has 2 saturated heterocycles. The van der Waals surface area contributed by atoms with Gasteiger partial charge in [0.05, 0.1) is 24.5 Å². The average Bonchev–Trinajstić information content (AvgIpc) is 3.51. The Hall–Kier alpha value is -5.08. The first-order valence-corrected chi connectivity index (χ1v) is 20.2. The molecule has 2 atom stereocenters. The minimum atomic E-state index is -1.71. The van der Waals surface area contributed by atoms with E-state index >= 15 is 0 Å². The van der Waals surface area contributed by atoms with Crippen molar-refractivity contribution in [3.05, 3.63) is 124 Å². The van der Waals surface area contributed by atoms with E-state index in [4.69, 9.17) is 4.74 Å². The van der Waals surface area contributed by atoms with Crippen molar-refractivity contribution in [3.8, 4) is 0 Å². The Morgan fingerprint density at radius 1 is 0.733 bits per heavy atom. The van der Waals surface area contributed by atoms with E-state index < -0.39 is 22.7 Å². The molecule has 0 bridgehead atoms. The number of piperazine rings is 1. The zero-order valence-corrected chi connectivity index (χ0v) is 35.5. The maximum absolute atomic E-state index is 13.7. The van der Waals surface area contributed by atoms with E-state index in [0.717, 1.165) is 42.9 Å². The summed E-state index contributed by atoms with van der Waals surface area (Å²) in [6.07, 6.45) is 1.64. The molecular weight excluding hydrogens is 792 g/mol. The van der Waals surface area contributed by atoms with E-state index in [0.29, 0.717) is 60.0 Å². The summed E-state index contributed by atoms with van der Waals surface area (Å²) in [6.45, 7) is 12.9. The number of benzene rings is 4. The number of carbonyl (C=O) groups excluding carboxylic acids is 3. The molecule has 2 unspecified atom stereocenters. The van der Waals surface area contributed by atoms with Gasteiger partial charge in [0.25, 0.3) is 11.8 Å². The molecule has 4 aliphatic rings. The minimum absolute atomic E-state index is 0. The fraction of sp³-hybridized carbons (Fsp3) is 0.413. The lowest BCUT2D eigenvalue weighted by Crippen LogP contribution is -2.50. The Morgan fingerprint density at radius 3 is 1.72 bits per heavy atom. The van der Waals surface area contributed by atoms with Crippen LogP contribution in [0.15, 0.2) is 84.9 Å². The highest BCUT2D eigenvalue weighted by atomic mass is 35.5. The first kappa shape index (κ1) is 44.5. The number of rotatable bonds is 6. The summed E-state index contributed by atoms with van der Waals surface area (Å²) in [5.74, 6) is -1.16. The number of halogens is 3. The molecule has 11 nitrogen and oxygen atoms in total. The second kappa shape index (κ2) is 17.5. The number of nitrogens with zero attached hydrogens (tertiary/aromatic N) is 4. The summed E-state index contributed by atoms with van der Waals surface area (Å²) < 4.78 is 32.7. The lowest BCUT2D eigenvalue weighted by atomic mass is 9.82. The fourth-order valence-corrected chi connectivity index (χ4v) is 8.67. The number of anilines is 3. The third kappa shape index (κ3) is 9.00. The third-order valence-electron chi connectivity index (χ3n) is 11.5. The molecular formula is C46H54ClF2N5O6. The van der Waals surface area contributed by atoms with Crippen LogP contribution >= 0.6 is 12.4 Å². The molecule has 0 radical (unpaired) electrons. The van der Waals surface area contributed by atoms with Gasteiger partial charge in [0.2, 0.25) is 0 Å². The molecule has 4 aliphatic heterocycles. The van der Waals surface area contributed by atoms with Crippen LogP contribution < -0.4 is 20.0 Å². The van der Waals surface area contributed by atoms with Crippen LogP contribution in [0.1, 0.15) is 81.2 Å². The van der Waals surface area contributed by atoms with Gasteiger partial charge in [-0.1, -0.05) is 42.5 Å². The van der Waals surface area contributed by atoms with Crippen LogP contribution in [0.4, 0.5) is 30.6 Å². The lowest BCUT2D eigenvalue weighted by molar-refractivity contribution is -0.134. The van der Waals surface area contributed by atoms with Gasteiger partial charge in [-0.2, -0.15) is 0 Å². The van der Waals surface area contributed by atoms with Crippen LogP contribution in [-0.4, -0.2) is 77.9 Å². The van der Waals surface area contributed by atoms with Gasteiger partial charge in [-0.05, 0) is 126 Å². The van der Waals surface area contributed by atoms with Crippen LogP contribution in [0.3, 0.4) is 0 Å². The van der Waals surface area contributed by atoms with E-state index in [1.54, 1.807) is 47.1 Å². The highest BCUT2D eigenvalue weighted by molar-refractivity contribution is 6.09. The quantitative estimate of drug-likeness (QED) is 0.188. The molecule has 4 heterocycles. The van der Waals surface area contributed by atoms with Gasteiger partial charge < -0.3 is 39.9 Å². The number of ether oxygens (including phenoxy) is 1. The third-order valence-corrected chi connectivity index (χ3v) is 11.5. The molecule has 2 fully saturated rings.